The van der Waals surface area contributed by atoms with Crippen molar-refractivity contribution in [3.63, 3.8) is 0 Å². The molecular weight excluding hydrogens is 304 g/mol. The molecule has 4 rings (SSSR count). The van der Waals surface area contributed by atoms with Crippen LogP contribution in [0, 0.1) is 5.92 Å². The number of furan rings is 1. The summed E-state index contributed by atoms with van der Waals surface area (Å²) in [5, 5.41) is 0. The summed E-state index contributed by atoms with van der Waals surface area (Å²) >= 11 is 0. The van der Waals surface area contributed by atoms with Gasteiger partial charge in [0.15, 0.2) is 0 Å². The molecule has 2 aliphatic rings. The number of nitrogens with zero attached hydrogens (tertiary/aromatic N) is 3. The number of rotatable bonds is 3. The lowest BCUT2D eigenvalue weighted by Gasteiger charge is -2.33. The molecule has 0 aliphatic carbocycles. The normalized spacial score (nSPS) is 21.7. The summed E-state index contributed by atoms with van der Waals surface area (Å²) in [5.74, 6) is 2.34. The van der Waals surface area contributed by atoms with Crippen molar-refractivity contribution in [3.05, 3.63) is 45.8 Å². The van der Waals surface area contributed by atoms with E-state index >= 15 is 0 Å². The highest BCUT2D eigenvalue weighted by molar-refractivity contribution is 5.35. The fourth-order valence-electron chi connectivity index (χ4n) is 3.77. The first-order valence-electron chi connectivity index (χ1n) is 8.81. The summed E-state index contributed by atoms with van der Waals surface area (Å²) in [6.45, 7) is 6.53. The van der Waals surface area contributed by atoms with Gasteiger partial charge in [-0.1, -0.05) is 6.92 Å². The Hall–Kier alpha value is -2.08. The van der Waals surface area contributed by atoms with Gasteiger partial charge in [-0.05, 0) is 37.3 Å². The fourth-order valence-corrected chi connectivity index (χ4v) is 3.77. The summed E-state index contributed by atoms with van der Waals surface area (Å²) in [6, 6.07) is 3.90. The maximum Gasteiger partial charge on any atom is 0.255 e. The molecule has 4 heterocycles. The third kappa shape index (κ3) is 3.11. The van der Waals surface area contributed by atoms with Crippen LogP contribution in [0.4, 0.5) is 5.95 Å². The van der Waals surface area contributed by atoms with Crippen molar-refractivity contribution in [2.75, 3.05) is 24.5 Å². The molecule has 2 aliphatic heterocycles. The SMILES string of the molecule is C[C@H]1CCCN(c2nc3c(c(=O)[nH]2)CCN(Cc2ccco2)C3)C1. The average Bonchev–Trinajstić information content (AvgIpc) is 3.07. The monoisotopic (exact) mass is 328 g/mol. The van der Waals surface area contributed by atoms with E-state index in [1.807, 2.05) is 12.1 Å². The Bertz CT molecular complexity index is 753. The summed E-state index contributed by atoms with van der Waals surface area (Å²) in [5.41, 5.74) is 1.80. The molecule has 2 aromatic heterocycles. The van der Waals surface area contributed by atoms with Crippen molar-refractivity contribution in [1.82, 2.24) is 14.9 Å². The van der Waals surface area contributed by atoms with E-state index in [0.29, 0.717) is 12.5 Å². The summed E-state index contributed by atoms with van der Waals surface area (Å²) in [7, 11) is 0. The second kappa shape index (κ2) is 6.43. The average molecular weight is 328 g/mol. The van der Waals surface area contributed by atoms with Crippen LogP contribution < -0.4 is 10.5 Å². The van der Waals surface area contributed by atoms with Crippen molar-refractivity contribution in [1.29, 1.82) is 0 Å². The molecule has 0 radical (unpaired) electrons. The topological polar surface area (TPSA) is 65.4 Å². The largest absolute Gasteiger partial charge is 0.468 e. The first-order valence-corrected chi connectivity index (χ1v) is 8.81. The molecule has 0 amide bonds. The number of piperidine rings is 1. The van der Waals surface area contributed by atoms with Gasteiger partial charge in [-0.3, -0.25) is 14.7 Å². The van der Waals surface area contributed by atoms with E-state index in [4.69, 9.17) is 9.40 Å². The molecule has 6 nitrogen and oxygen atoms in total. The van der Waals surface area contributed by atoms with Gasteiger partial charge in [0.25, 0.3) is 5.56 Å². The number of nitrogens with one attached hydrogen (secondary N) is 1. The maximum atomic E-state index is 12.5. The summed E-state index contributed by atoms with van der Waals surface area (Å²) < 4.78 is 5.44. The van der Waals surface area contributed by atoms with Gasteiger partial charge in [0.1, 0.15) is 5.76 Å². The van der Waals surface area contributed by atoms with Gasteiger partial charge >= 0.3 is 0 Å². The predicted octanol–water partition coefficient (Wildman–Crippen LogP) is 2.16. The van der Waals surface area contributed by atoms with E-state index in [0.717, 1.165) is 62.0 Å². The first-order chi connectivity index (χ1) is 11.7. The molecule has 24 heavy (non-hydrogen) atoms. The Morgan fingerprint density at radius 2 is 2.33 bits per heavy atom. The van der Waals surface area contributed by atoms with Crippen molar-refractivity contribution in [3.8, 4) is 0 Å². The zero-order valence-electron chi connectivity index (χ0n) is 14.1. The Morgan fingerprint density at radius 3 is 3.12 bits per heavy atom. The Kier molecular flexibility index (Phi) is 4.14. The van der Waals surface area contributed by atoms with Gasteiger partial charge in [-0.25, -0.2) is 4.98 Å². The van der Waals surface area contributed by atoms with Gasteiger partial charge in [0.2, 0.25) is 5.95 Å². The molecule has 0 saturated carbocycles. The van der Waals surface area contributed by atoms with Crippen molar-refractivity contribution in [2.45, 2.75) is 39.3 Å². The second-order valence-corrected chi connectivity index (χ2v) is 7.05. The second-order valence-electron chi connectivity index (χ2n) is 7.05. The lowest BCUT2D eigenvalue weighted by atomic mass is 10.0. The fraction of sp³-hybridized carbons (Fsp3) is 0.556. The van der Waals surface area contributed by atoms with Crippen LogP contribution in [-0.4, -0.2) is 34.5 Å². The third-order valence-electron chi connectivity index (χ3n) is 5.06. The summed E-state index contributed by atoms with van der Waals surface area (Å²) in [4.78, 5) is 24.8. The predicted molar refractivity (Wildman–Crippen MR) is 92.0 cm³/mol. The third-order valence-corrected chi connectivity index (χ3v) is 5.06. The number of anilines is 1. The van der Waals surface area contributed by atoms with E-state index in [9.17, 15) is 4.79 Å². The van der Waals surface area contributed by atoms with Gasteiger partial charge in [0.05, 0.1) is 18.5 Å². The van der Waals surface area contributed by atoms with Crippen LogP contribution in [0.3, 0.4) is 0 Å². The number of hydrogen-bond donors (Lipinski definition) is 1. The highest BCUT2D eigenvalue weighted by Crippen LogP contribution is 2.22. The van der Waals surface area contributed by atoms with Crippen LogP contribution in [-0.2, 0) is 19.5 Å². The molecule has 6 heteroatoms. The van der Waals surface area contributed by atoms with E-state index < -0.39 is 0 Å². The van der Waals surface area contributed by atoms with Crippen LogP contribution in [0.25, 0.3) is 0 Å². The maximum absolute atomic E-state index is 12.5. The van der Waals surface area contributed by atoms with E-state index in [-0.39, 0.29) is 5.56 Å². The van der Waals surface area contributed by atoms with Crippen molar-refractivity contribution in [2.24, 2.45) is 5.92 Å². The van der Waals surface area contributed by atoms with Crippen molar-refractivity contribution >= 4 is 5.95 Å². The molecule has 0 bridgehead atoms. The molecule has 128 valence electrons. The van der Waals surface area contributed by atoms with Crippen LogP contribution in [0.5, 0.6) is 0 Å². The zero-order valence-corrected chi connectivity index (χ0v) is 14.1. The molecule has 1 atom stereocenters. The Labute approximate surface area is 141 Å². The molecule has 0 aromatic carbocycles. The van der Waals surface area contributed by atoms with E-state index in [2.05, 4.69) is 21.7 Å². The molecule has 2 aromatic rings. The molecule has 1 fully saturated rings. The van der Waals surface area contributed by atoms with Crippen LogP contribution in [0.15, 0.2) is 27.6 Å². The van der Waals surface area contributed by atoms with Crippen molar-refractivity contribution < 1.29 is 4.42 Å². The lowest BCUT2D eigenvalue weighted by Crippen LogP contribution is -2.39. The first kappa shape index (κ1) is 15.4. The van der Waals surface area contributed by atoms with Gasteiger partial charge < -0.3 is 9.32 Å². The van der Waals surface area contributed by atoms with E-state index in [1.165, 1.54) is 6.42 Å². The summed E-state index contributed by atoms with van der Waals surface area (Å²) in [6.07, 6.45) is 4.86. The number of aromatic amines is 1. The smallest absolute Gasteiger partial charge is 0.255 e. The molecule has 0 spiro atoms. The minimum Gasteiger partial charge on any atom is -0.468 e. The van der Waals surface area contributed by atoms with Gasteiger partial charge in [0, 0.05) is 31.7 Å². The lowest BCUT2D eigenvalue weighted by molar-refractivity contribution is 0.221. The van der Waals surface area contributed by atoms with Crippen LogP contribution in [0.1, 0.15) is 36.8 Å². The Balaban J connectivity index is 1.56. The van der Waals surface area contributed by atoms with Gasteiger partial charge in [-0.2, -0.15) is 0 Å². The number of H-pyrrole nitrogens is 1. The molecule has 1 N–H and O–H groups in total. The molecular formula is C18H24N4O2. The van der Waals surface area contributed by atoms with Gasteiger partial charge in [-0.15, -0.1) is 0 Å². The minimum atomic E-state index is 0.0332. The molecule has 1 saturated heterocycles. The molecule has 0 unspecified atom stereocenters. The van der Waals surface area contributed by atoms with Crippen LogP contribution >= 0.6 is 0 Å². The quantitative estimate of drug-likeness (QED) is 0.935. The van der Waals surface area contributed by atoms with Crippen LogP contribution in [0.2, 0.25) is 0 Å². The number of hydrogen-bond acceptors (Lipinski definition) is 5. The highest BCUT2D eigenvalue weighted by atomic mass is 16.3. The highest BCUT2D eigenvalue weighted by Gasteiger charge is 2.24. The van der Waals surface area contributed by atoms with E-state index in [1.54, 1.807) is 6.26 Å². The minimum absolute atomic E-state index is 0.0332. The number of fused-ring (bicyclic) bond motifs is 1. The zero-order chi connectivity index (χ0) is 16.5. The standard InChI is InChI=1S/C18H24N4O2/c1-13-4-2-7-22(10-13)18-19-16-12-21(11-14-5-3-9-24-14)8-6-15(16)17(23)20-18/h3,5,9,13H,2,4,6-8,10-12H2,1H3,(H,19,20,23)/t13-/m0/s1. The Morgan fingerprint density at radius 1 is 1.42 bits per heavy atom. The number of aromatic nitrogens is 2.